The average Bonchev–Trinajstić information content (AvgIpc) is 3.42. The maximum Gasteiger partial charge on any atom is 0.350 e. The van der Waals surface area contributed by atoms with Crippen molar-refractivity contribution in [3.05, 3.63) is 94.0 Å². The number of esters is 1. The number of ether oxygens (including phenoxy) is 2. The number of carbonyl (C=O) groups is 3. The standard InChI is InChI=1S/C30H30N2O6S/c1-7-15-38-28(36)26-17(2)31-29(39-26)32-23(18-11-13-20(14-12-18)30(3,4)5)22(25(34)27(32)35)24(33)19-9-8-10-21(16-19)37-6/h7-14,16,23,33H,1,15H2,2-6H3/b24-22+. The van der Waals surface area contributed by atoms with Gasteiger partial charge < -0.3 is 14.6 Å². The maximum absolute atomic E-state index is 13.5. The number of ketones is 1. The van der Waals surface area contributed by atoms with Crippen molar-refractivity contribution in [3.63, 3.8) is 0 Å². The van der Waals surface area contributed by atoms with Crippen molar-refractivity contribution in [3.8, 4) is 5.75 Å². The predicted octanol–water partition coefficient (Wildman–Crippen LogP) is 5.73. The highest BCUT2D eigenvalue weighted by Crippen LogP contribution is 2.44. The third-order valence-corrected chi connectivity index (χ3v) is 7.53. The second kappa shape index (κ2) is 10.9. The molecule has 1 aliphatic heterocycles. The first-order chi connectivity index (χ1) is 18.5. The molecular formula is C30H30N2O6S. The van der Waals surface area contributed by atoms with Crippen molar-refractivity contribution < 1.29 is 29.0 Å². The van der Waals surface area contributed by atoms with Crippen molar-refractivity contribution in [2.24, 2.45) is 0 Å². The maximum atomic E-state index is 13.5. The molecule has 0 saturated carbocycles. The van der Waals surface area contributed by atoms with Crippen molar-refractivity contribution in [2.45, 2.75) is 39.2 Å². The Hall–Kier alpha value is -4.24. The number of amides is 1. The van der Waals surface area contributed by atoms with E-state index in [1.165, 1.54) is 18.1 Å². The smallest absolute Gasteiger partial charge is 0.350 e. The number of hydrogen-bond acceptors (Lipinski definition) is 8. The Balaban J connectivity index is 1.90. The summed E-state index contributed by atoms with van der Waals surface area (Å²) in [5, 5.41) is 11.5. The Kier molecular flexibility index (Phi) is 7.74. The number of anilines is 1. The highest BCUT2D eigenvalue weighted by Gasteiger charge is 2.48. The van der Waals surface area contributed by atoms with Gasteiger partial charge in [0.25, 0.3) is 5.78 Å². The van der Waals surface area contributed by atoms with Crippen LogP contribution in [-0.4, -0.2) is 41.5 Å². The molecule has 1 amide bonds. The van der Waals surface area contributed by atoms with E-state index in [1.807, 2.05) is 24.3 Å². The van der Waals surface area contributed by atoms with Crippen LogP contribution in [0.3, 0.4) is 0 Å². The molecule has 1 fully saturated rings. The minimum absolute atomic E-state index is 0.0245. The summed E-state index contributed by atoms with van der Waals surface area (Å²) in [6.07, 6.45) is 1.45. The number of Topliss-reactive ketones (excluding diaryl/α,β-unsaturated/α-hetero) is 1. The molecule has 1 atom stereocenters. The third kappa shape index (κ3) is 5.35. The molecule has 1 unspecified atom stereocenters. The lowest BCUT2D eigenvalue weighted by molar-refractivity contribution is -0.132. The first-order valence-electron chi connectivity index (χ1n) is 12.3. The van der Waals surface area contributed by atoms with E-state index in [4.69, 9.17) is 9.47 Å². The minimum atomic E-state index is -0.979. The van der Waals surface area contributed by atoms with Crippen LogP contribution in [0.4, 0.5) is 5.13 Å². The second-order valence-electron chi connectivity index (χ2n) is 10.1. The van der Waals surface area contributed by atoms with E-state index >= 15 is 0 Å². The molecule has 2 aromatic carbocycles. The van der Waals surface area contributed by atoms with Gasteiger partial charge in [0.15, 0.2) is 5.13 Å². The molecule has 9 heteroatoms. The van der Waals surface area contributed by atoms with Gasteiger partial charge in [-0.15, -0.1) is 0 Å². The summed E-state index contributed by atoms with van der Waals surface area (Å²) in [6.45, 7) is 11.5. The van der Waals surface area contributed by atoms with Crippen molar-refractivity contribution in [1.82, 2.24) is 4.98 Å². The molecule has 1 aliphatic rings. The first-order valence-corrected chi connectivity index (χ1v) is 13.1. The van der Waals surface area contributed by atoms with E-state index in [9.17, 15) is 19.5 Å². The zero-order valence-electron chi connectivity index (χ0n) is 22.5. The molecule has 4 rings (SSSR count). The SMILES string of the molecule is C=CCOC(=O)c1sc(N2C(=O)C(=O)/C(=C(/O)c3cccc(OC)c3)C2c2ccc(C(C)(C)C)cc2)nc1C. The van der Waals surface area contributed by atoms with Crippen LogP contribution in [0.1, 0.15) is 58.9 Å². The molecule has 1 saturated heterocycles. The number of nitrogens with zero attached hydrogens (tertiary/aromatic N) is 2. The van der Waals surface area contributed by atoms with Crippen LogP contribution < -0.4 is 9.64 Å². The number of rotatable bonds is 7. The van der Waals surface area contributed by atoms with Gasteiger partial charge in [0.2, 0.25) is 0 Å². The van der Waals surface area contributed by atoms with Gasteiger partial charge in [0.05, 0.1) is 24.4 Å². The lowest BCUT2D eigenvalue weighted by Crippen LogP contribution is -2.29. The molecule has 8 nitrogen and oxygen atoms in total. The summed E-state index contributed by atoms with van der Waals surface area (Å²) in [5.41, 5.74) is 2.16. The van der Waals surface area contributed by atoms with Gasteiger partial charge in [-0.2, -0.15) is 0 Å². The Labute approximate surface area is 231 Å². The Morgan fingerprint density at radius 2 is 1.87 bits per heavy atom. The van der Waals surface area contributed by atoms with Gasteiger partial charge in [0, 0.05) is 5.56 Å². The van der Waals surface area contributed by atoms with E-state index in [0.717, 1.165) is 16.9 Å². The highest BCUT2D eigenvalue weighted by atomic mass is 32.1. The molecule has 0 bridgehead atoms. The van der Waals surface area contributed by atoms with Crippen LogP contribution in [0.15, 0.2) is 66.8 Å². The fourth-order valence-electron chi connectivity index (χ4n) is 4.31. The van der Waals surface area contributed by atoms with Crippen LogP contribution in [0.25, 0.3) is 5.76 Å². The zero-order chi connectivity index (χ0) is 28.5. The highest BCUT2D eigenvalue weighted by molar-refractivity contribution is 7.17. The molecule has 202 valence electrons. The molecule has 1 aromatic heterocycles. The van der Waals surface area contributed by atoms with E-state index in [1.54, 1.807) is 31.2 Å². The Morgan fingerprint density at radius 1 is 1.18 bits per heavy atom. The number of aryl methyl sites for hydroxylation is 1. The summed E-state index contributed by atoms with van der Waals surface area (Å²) in [7, 11) is 1.50. The number of aliphatic hydroxyl groups is 1. The number of hydrogen-bond donors (Lipinski definition) is 1. The zero-order valence-corrected chi connectivity index (χ0v) is 23.3. The normalized spacial score (nSPS) is 16.8. The molecule has 0 aliphatic carbocycles. The van der Waals surface area contributed by atoms with E-state index in [0.29, 0.717) is 22.6 Å². The van der Waals surface area contributed by atoms with Gasteiger partial charge in [0.1, 0.15) is 23.0 Å². The topological polar surface area (TPSA) is 106 Å². The molecule has 2 heterocycles. The number of methoxy groups -OCH3 is 1. The molecule has 3 aromatic rings. The lowest BCUT2D eigenvalue weighted by Gasteiger charge is -2.24. The van der Waals surface area contributed by atoms with Gasteiger partial charge in [-0.1, -0.05) is 81.2 Å². The third-order valence-electron chi connectivity index (χ3n) is 6.39. The van der Waals surface area contributed by atoms with E-state index < -0.39 is 23.7 Å². The Bertz CT molecular complexity index is 1480. The average molecular weight is 547 g/mol. The number of benzene rings is 2. The van der Waals surface area contributed by atoms with Crippen LogP contribution in [0.2, 0.25) is 0 Å². The number of aromatic nitrogens is 1. The van der Waals surface area contributed by atoms with E-state index in [2.05, 4.69) is 32.3 Å². The Morgan fingerprint density at radius 3 is 2.49 bits per heavy atom. The van der Waals surface area contributed by atoms with Crippen LogP contribution >= 0.6 is 11.3 Å². The molecule has 1 N–H and O–H groups in total. The van der Waals surface area contributed by atoms with Crippen LogP contribution in [0.5, 0.6) is 5.75 Å². The molecular weight excluding hydrogens is 516 g/mol. The fraction of sp³-hybridized carbons (Fsp3) is 0.267. The minimum Gasteiger partial charge on any atom is -0.507 e. The summed E-state index contributed by atoms with van der Waals surface area (Å²) in [6, 6.07) is 13.2. The first kappa shape index (κ1) is 27.8. The monoisotopic (exact) mass is 546 g/mol. The van der Waals surface area contributed by atoms with Gasteiger partial charge in [-0.3, -0.25) is 14.5 Å². The quantitative estimate of drug-likeness (QED) is 0.133. The van der Waals surface area contributed by atoms with Crippen molar-refractivity contribution in [1.29, 1.82) is 0 Å². The lowest BCUT2D eigenvalue weighted by atomic mass is 9.85. The van der Waals surface area contributed by atoms with Gasteiger partial charge >= 0.3 is 11.9 Å². The van der Waals surface area contributed by atoms with Gasteiger partial charge in [-0.05, 0) is 35.6 Å². The molecule has 0 spiro atoms. The van der Waals surface area contributed by atoms with Gasteiger partial charge in [-0.25, -0.2) is 9.78 Å². The number of aliphatic hydroxyl groups excluding tert-OH is 1. The van der Waals surface area contributed by atoms with Crippen LogP contribution in [-0.2, 0) is 19.7 Å². The second-order valence-corrected chi connectivity index (χ2v) is 11.0. The summed E-state index contributed by atoms with van der Waals surface area (Å²) in [4.78, 5) is 45.4. The predicted molar refractivity (Wildman–Crippen MR) is 150 cm³/mol. The van der Waals surface area contributed by atoms with Crippen LogP contribution in [0, 0.1) is 6.92 Å². The molecule has 39 heavy (non-hydrogen) atoms. The summed E-state index contributed by atoms with van der Waals surface area (Å²) < 4.78 is 10.4. The van der Waals surface area contributed by atoms with Crippen molar-refractivity contribution >= 4 is 39.9 Å². The number of thiazole rings is 1. The summed E-state index contributed by atoms with van der Waals surface area (Å²) in [5.74, 6) is -2.17. The van der Waals surface area contributed by atoms with Crippen molar-refractivity contribution in [2.75, 3.05) is 18.6 Å². The molecule has 0 radical (unpaired) electrons. The largest absolute Gasteiger partial charge is 0.507 e. The number of carbonyl (C=O) groups excluding carboxylic acids is 3. The fourth-order valence-corrected chi connectivity index (χ4v) is 5.30. The van der Waals surface area contributed by atoms with E-state index in [-0.39, 0.29) is 33.4 Å². The summed E-state index contributed by atoms with van der Waals surface area (Å²) >= 11 is 0.951.